The molecule has 20 heavy (non-hydrogen) atoms. The Hall–Kier alpha value is -2.49. The molecule has 4 nitrogen and oxygen atoms in total. The lowest BCUT2D eigenvalue weighted by Crippen LogP contribution is -2.07. The van der Waals surface area contributed by atoms with E-state index in [-0.39, 0.29) is 18.1 Å². The summed E-state index contributed by atoms with van der Waals surface area (Å²) in [4.78, 5) is 11.6. The van der Waals surface area contributed by atoms with E-state index in [1.54, 1.807) is 31.4 Å². The lowest BCUT2D eigenvalue weighted by molar-refractivity contribution is -0.139. The minimum Gasteiger partial charge on any atom is -0.508 e. The van der Waals surface area contributed by atoms with Gasteiger partial charge in [-0.05, 0) is 29.3 Å². The van der Waals surface area contributed by atoms with Crippen LogP contribution in [0.1, 0.15) is 5.56 Å². The van der Waals surface area contributed by atoms with Crippen molar-refractivity contribution in [2.45, 2.75) is 6.42 Å². The number of ether oxygens (including phenoxy) is 2. The molecule has 0 aromatic heterocycles. The normalized spacial score (nSPS) is 10.1. The van der Waals surface area contributed by atoms with Crippen molar-refractivity contribution in [2.75, 3.05) is 14.2 Å². The number of rotatable bonds is 4. The predicted octanol–water partition coefficient (Wildman–Crippen LogP) is 2.78. The first-order valence-corrected chi connectivity index (χ1v) is 6.17. The Morgan fingerprint density at radius 3 is 2.40 bits per heavy atom. The number of phenolic OH excluding ortho intramolecular Hbond substituents is 1. The third kappa shape index (κ3) is 2.91. The minimum absolute atomic E-state index is 0.136. The maximum absolute atomic E-state index is 11.6. The fourth-order valence-corrected chi connectivity index (χ4v) is 2.07. The van der Waals surface area contributed by atoms with Gasteiger partial charge in [-0.15, -0.1) is 0 Å². The van der Waals surface area contributed by atoms with Crippen LogP contribution in [0.5, 0.6) is 11.5 Å². The van der Waals surface area contributed by atoms with Crippen LogP contribution in [0.3, 0.4) is 0 Å². The highest BCUT2D eigenvalue weighted by Gasteiger charge is 2.14. The summed E-state index contributed by atoms with van der Waals surface area (Å²) in [5.74, 6) is 0.515. The predicted molar refractivity (Wildman–Crippen MR) is 75.8 cm³/mol. The molecule has 104 valence electrons. The van der Waals surface area contributed by atoms with Crippen molar-refractivity contribution in [3.05, 3.63) is 48.0 Å². The van der Waals surface area contributed by atoms with Crippen LogP contribution in [-0.2, 0) is 16.0 Å². The summed E-state index contributed by atoms with van der Waals surface area (Å²) in [5, 5.41) is 9.36. The van der Waals surface area contributed by atoms with Gasteiger partial charge in [0.25, 0.3) is 0 Å². The first-order valence-electron chi connectivity index (χ1n) is 6.17. The van der Waals surface area contributed by atoms with E-state index in [1.807, 2.05) is 18.2 Å². The summed E-state index contributed by atoms with van der Waals surface area (Å²) in [6.07, 6.45) is 0.136. The first kappa shape index (κ1) is 13.9. The van der Waals surface area contributed by atoms with Crippen LogP contribution in [0, 0.1) is 0 Å². The third-order valence-electron chi connectivity index (χ3n) is 3.08. The zero-order valence-electron chi connectivity index (χ0n) is 11.4. The van der Waals surface area contributed by atoms with Crippen molar-refractivity contribution in [2.24, 2.45) is 0 Å². The molecule has 0 aliphatic rings. The van der Waals surface area contributed by atoms with E-state index >= 15 is 0 Å². The third-order valence-corrected chi connectivity index (χ3v) is 3.08. The van der Waals surface area contributed by atoms with Gasteiger partial charge in [0.1, 0.15) is 11.5 Å². The molecule has 2 aromatic carbocycles. The Kier molecular flexibility index (Phi) is 4.25. The highest BCUT2D eigenvalue weighted by atomic mass is 16.5. The van der Waals surface area contributed by atoms with Crippen molar-refractivity contribution in [3.8, 4) is 22.6 Å². The Morgan fingerprint density at radius 1 is 1.10 bits per heavy atom. The number of phenols is 1. The second-order valence-electron chi connectivity index (χ2n) is 4.29. The zero-order valence-corrected chi connectivity index (χ0v) is 11.4. The molecule has 0 heterocycles. The molecule has 0 saturated heterocycles. The van der Waals surface area contributed by atoms with E-state index in [4.69, 9.17) is 9.47 Å². The van der Waals surface area contributed by atoms with Crippen LogP contribution in [0.25, 0.3) is 11.1 Å². The number of carbonyl (C=O) groups is 1. The summed E-state index contributed by atoms with van der Waals surface area (Å²) in [6.45, 7) is 0. The molecule has 2 rings (SSSR count). The standard InChI is InChI=1S/C16H16O4/c1-19-15-5-3-4-13(14(15)10-16(18)20-2)11-6-8-12(17)9-7-11/h3-9,17H,10H2,1-2H3. The van der Waals surface area contributed by atoms with Gasteiger partial charge in [-0.2, -0.15) is 0 Å². The Balaban J connectivity index is 2.51. The lowest BCUT2D eigenvalue weighted by Gasteiger charge is -2.13. The molecule has 2 aromatic rings. The molecule has 0 aliphatic carbocycles. The Bertz CT molecular complexity index is 602. The number of methoxy groups -OCH3 is 2. The molecule has 4 heteroatoms. The zero-order chi connectivity index (χ0) is 14.5. The molecule has 0 atom stereocenters. The number of benzene rings is 2. The van der Waals surface area contributed by atoms with Gasteiger partial charge in [0.15, 0.2) is 0 Å². The summed E-state index contributed by atoms with van der Waals surface area (Å²) in [5.41, 5.74) is 2.56. The molecule has 0 radical (unpaired) electrons. The first-order chi connectivity index (χ1) is 9.65. The average Bonchev–Trinajstić information content (AvgIpc) is 2.48. The molecule has 0 aliphatic heterocycles. The van der Waals surface area contributed by atoms with Gasteiger partial charge in [-0.25, -0.2) is 0 Å². The summed E-state index contributed by atoms with van der Waals surface area (Å²) < 4.78 is 10.0. The summed E-state index contributed by atoms with van der Waals surface area (Å²) in [6, 6.07) is 12.4. The monoisotopic (exact) mass is 272 g/mol. The van der Waals surface area contributed by atoms with E-state index in [2.05, 4.69) is 0 Å². The van der Waals surface area contributed by atoms with Crippen molar-refractivity contribution < 1.29 is 19.4 Å². The van der Waals surface area contributed by atoms with Crippen LogP contribution in [0.2, 0.25) is 0 Å². The maximum atomic E-state index is 11.6. The molecule has 0 saturated carbocycles. The molecule has 1 N–H and O–H groups in total. The van der Waals surface area contributed by atoms with Gasteiger partial charge in [-0.3, -0.25) is 4.79 Å². The van der Waals surface area contributed by atoms with Gasteiger partial charge >= 0.3 is 5.97 Å². The number of esters is 1. The maximum Gasteiger partial charge on any atom is 0.310 e. The van der Waals surface area contributed by atoms with E-state index in [9.17, 15) is 9.90 Å². The molecule has 0 spiro atoms. The Morgan fingerprint density at radius 2 is 1.80 bits per heavy atom. The minimum atomic E-state index is -0.325. The topological polar surface area (TPSA) is 55.8 Å². The summed E-state index contributed by atoms with van der Waals surface area (Å²) in [7, 11) is 2.93. The van der Waals surface area contributed by atoms with Gasteiger partial charge < -0.3 is 14.6 Å². The van der Waals surface area contributed by atoms with Gasteiger partial charge in [0.2, 0.25) is 0 Å². The Labute approximate surface area is 117 Å². The molecule has 0 fully saturated rings. The van der Waals surface area contributed by atoms with Crippen molar-refractivity contribution >= 4 is 5.97 Å². The van der Waals surface area contributed by atoms with Crippen molar-refractivity contribution in [1.29, 1.82) is 0 Å². The fourth-order valence-electron chi connectivity index (χ4n) is 2.07. The fraction of sp³-hybridized carbons (Fsp3) is 0.188. The molecule has 0 unspecified atom stereocenters. The van der Waals surface area contributed by atoms with Crippen LogP contribution in [0.15, 0.2) is 42.5 Å². The van der Waals surface area contributed by atoms with Crippen LogP contribution >= 0.6 is 0 Å². The SMILES string of the molecule is COC(=O)Cc1c(OC)cccc1-c1ccc(O)cc1. The van der Waals surface area contributed by atoms with Crippen LogP contribution in [-0.4, -0.2) is 25.3 Å². The number of hydrogen-bond donors (Lipinski definition) is 1. The van der Waals surface area contributed by atoms with Gasteiger partial charge in [0.05, 0.1) is 20.6 Å². The van der Waals surface area contributed by atoms with Crippen molar-refractivity contribution in [1.82, 2.24) is 0 Å². The number of carbonyl (C=O) groups excluding carboxylic acids is 1. The van der Waals surface area contributed by atoms with Crippen LogP contribution in [0.4, 0.5) is 0 Å². The van der Waals surface area contributed by atoms with Gasteiger partial charge in [0, 0.05) is 5.56 Å². The molecule has 0 amide bonds. The summed E-state index contributed by atoms with van der Waals surface area (Å²) >= 11 is 0. The van der Waals surface area contributed by atoms with E-state index in [1.165, 1.54) is 7.11 Å². The largest absolute Gasteiger partial charge is 0.508 e. The molecular formula is C16H16O4. The second kappa shape index (κ2) is 6.10. The van der Waals surface area contributed by atoms with Crippen LogP contribution < -0.4 is 4.74 Å². The number of hydrogen-bond acceptors (Lipinski definition) is 4. The quantitative estimate of drug-likeness (QED) is 0.869. The average molecular weight is 272 g/mol. The van der Waals surface area contributed by atoms with Crippen molar-refractivity contribution in [3.63, 3.8) is 0 Å². The lowest BCUT2D eigenvalue weighted by atomic mass is 9.96. The smallest absolute Gasteiger partial charge is 0.310 e. The second-order valence-corrected chi connectivity index (χ2v) is 4.29. The number of aromatic hydroxyl groups is 1. The highest BCUT2D eigenvalue weighted by molar-refractivity contribution is 5.80. The van der Waals surface area contributed by atoms with Gasteiger partial charge in [-0.1, -0.05) is 24.3 Å². The molecular weight excluding hydrogens is 256 g/mol. The van der Waals surface area contributed by atoms with E-state index in [0.29, 0.717) is 5.75 Å². The van der Waals surface area contributed by atoms with E-state index < -0.39 is 0 Å². The highest BCUT2D eigenvalue weighted by Crippen LogP contribution is 2.32. The van der Waals surface area contributed by atoms with E-state index in [0.717, 1.165) is 16.7 Å². The molecule has 0 bridgehead atoms.